The molecule has 1 saturated carbocycles. The number of fused-ring (bicyclic) bond motifs is 1. The summed E-state index contributed by atoms with van der Waals surface area (Å²) in [5, 5.41) is 7.96. The first-order chi connectivity index (χ1) is 14.1. The van der Waals surface area contributed by atoms with Crippen molar-refractivity contribution in [1.29, 1.82) is 0 Å². The van der Waals surface area contributed by atoms with E-state index in [-0.39, 0.29) is 5.56 Å². The third-order valence-electron chi connectivity index (χ3n) is 5.48. The number of aromatic amines is 1. The lowest BCUT2D eigenvalue weighted by atomic mass is 10.0. The predicted octanol–water partition coefficient (Wildman–Crippen LogP) is 5.16. The average Bonchev–Trinajstić information content (AvgIpc) is 3.50. The van der Waals surface area contributed by atoms with E-state index < -0.39 is 0 Å². The van der Waals surface area contributed by atoms with Crippen molar-refractivity contribution in [3.8, 4) is 16.8 Å². The van der Waals surface area contributed by atoms with Crippen LogP contribution in [0.15, 0.2) is 59.5 Å². The molecule has 2 aromatic heterocycles. The quantitative estimate of drug-likeness (QED) is 0.482. The molecule has 1 aliphatic rings. The maximum Gasteiger partial charge on any atom is 0.280 e. The number of benzene rings is 2. The van der Waals surface area contributed by atoms with Crippen LogP contribution in [-0.4, -0.2) is 21.3 Å². The van der Waals surface area contributed by atoms with E-state index in [1.807, 2.05) is 19.1 Å². The number of hydrogen-bond acceptors (Lipinski definition) is 3. The second-order valence-corrected chi connectivity index (χ2v) is 8.07. The van der Waals surface area contributed by atoms with E-state index in [2.05, 4.69) is 39.7 Å². The number of nitrogens with zero attached hydrogens (tertiary/aromatic N) is 2. The van der Waals surface area contributed by atoms with Crippen LogP contribution in [0.1, 0.15) is 18.5 Å². The molecule has 0 spiro atoms. The highest BCUT2D eigenvalue weighted by molar-refractivity contribution is 6.30. The zero-order chi connectivity index (χ0) is 20.0. The zero-order valence-corrected chi connectivity index (χ0v) is 16.8. The number of nitrogens with one attached hydrogen (secondary N) is 2. The van der Waals surface area contributed by atoms with Crippen molar-refractivity contribution in [2.75, 3.05) is 11.9 Å². The molecule has 0 saturated heterocycles. The third-order valence-corrected chi connectivity index (χ3v) is 5.73. The summed E-state index contributed by atoms with van der Waals surface area (Å²) in [5.41, 5.74) is 5.36. The third kappa shape index (κ3) is 3.42. The molecule has 0 bridgehead atoms. The summed E-state index contributed by atoms with van der Waals surface area (Å²) in [6.45, 7) is 3.00. The molecular formula is C23H21ClN4O. The Labute approximate surface area is 173 Å². The molecule has 1 fully saturated rings. The molecule has 0 amide bonds. The molecule has 0 aliphatic heterocycles. The number of H-pyrrole nitrogens is 1. The standard InChI is InChI=1S/C23H21ClN4O/c1-14-21(16-4-8-18(9-5-16)26-12-15-2-3-15)22-20(13-25-14)23(29)28(27-22)19-10-6-17(24)7-11-19/h4-11,13,15,26-27H,2-3,12H2,1H3. The Morgan fingerprint density at radius 3 is 2.55 bits per heavy atom. The second kappa shape index (κ2) is 7.08. The molecule has 5 rings (SSSR count). The van der Waals surface area contributed by atoms with Crippen molar-refractivity contribution >= 4 is 28.2 Å². The second-order valence-electron chi connectivity index (χ2n) is 7.64. The molecule has 4 aromatic rings. The fourth-order valence-corrected chi connectivity index (χ4v) is 3.76. The number of rotatable bonds is 5. The topological polar surface area (TPSA) is 62.7 Å². The van der Waals surface area contributed by atoms with Gasteiger partial charge in [0.2, 0.25) is 0 Å². The van der Waals surface area contributed by atoms with Gasteiger partial charge in [-0.15, -0.1) is 0 Å². The van der Waals surface area contributed by atoms with Crippen LogP contribution in [0.2, 0.25) is 5.02 Å². The van der Waals surface area contributed by atoms with Gasteiger partial charge in [0.15, 0.2) is 0 Å². The van der Waals surface area contributed by atoms with Gasteiger partial charge in [0.05, 0.1) is 16.6 Å². The highest BCUT2D eigenvalue weighted by atomic mass is 35.5. The van der Waals surface area contributed by atoms with Gasteiger partial charge in [-0.3, -0.25) is 14.9 Å². The summed E-state index contributed by atoms with van der Waals surface area (Å²) in [6.07, 6.45) is 4.30. The molecule has 5 nitrogen and oxygen atoms in total. The molecule has 0 unspecified atom stereocenters. The van der Waals surface area contributed by atoms with Crippen molar-refractivity contribution in [3.05, 3.63) is 75.8 Å². The minimum Gasteiger partial charge on any atom is -0.385 e. The number of hydrogen-bond donors (Lipinski definition) is 2. The van der Waals surface area contributed by atoms with Gasteiger partial charge in [0.1, 0.15) is 0 Å². The largest absolute Gasteiger partial charge is 0.385 e. The van der Waals surface area contributed by atoms with E-state index in [4.69, 9.17) is 11.6 Å². The Hall–Kier alpha value is -3.05. The molecular weight excluding hydrogens is 384 g/mol. The van der Waals surface area contributed by atoms with Gasteiger partial charge in [-0.1, -0.05) is 23.7 Å². The van der Waals surface area contributed by atoms with Crippen molar-refractivity contribution in [2.45, 2.75) is 19.8 Å². The summed E-state index contributed by atoms with van der Waals surface area (Å²) in [6, 6.07) is 15.5. The van der Waals surface area contributed by atoms with E-state index in [0.717, 1.165) is 46.2 Å². The highest BCUT2D eigenvalue weighted by Gasteiger charge is 2.20. The SMILES string of the molecule is Cc1ncc2c(=O)n(-c3ccc(Cl)cc3)[nH]c2c1-c1ccc(NCC2CC2)cc1. The van der Waals surface area contributed by atoms with Crippen LogP contribution in [0.4, 0.5) is 5.69 Å². The van der Waals surface area contributed by atoms with Gasteiger partial charge in [0.25, 0.3) is 5.56 Å². The molecule has 1 aliphatic carbocycles. The number of aryl methyl sites for hydroxylation is 1. The molecule has 0 atom stereocenters. The van der Waals surface area contributed by atoms with Crippen LogP contribution in [-0.2, 0) is 0 Å². The number of pyridine rings is 1. The molecule has 0 radical (unpaired) electrons. The number of anilines is 1. The summed E-state index contributed by atoms with van der Waals surface area (Å²) in [7, 11) is 0. The smallest absolute Gasteiger partial charge is 0.280 e. The monoisotopic (exact) mass is 404 g/mol. The van der Waals surface area contributed by atoms with Crippen molar-refractivity contribution in [1.82, 2.24) is 14.8 Å². The van der Waals surface area contributed by atoms with Gasteiger partial charge in [-0.05, 0) is 67.6 Å². The van der Waals surface area contributed by atoms with Crippen LogP contribution in [0.3, 0.4) is 0 Å². The van der Waals surface area contributed by atoms with E-state index in [9.17, 15) is 4.79 Å². The maximum atomic E-state index is 13.0. The van der Waals surface area contributed by atoms with Crippen molar-refractivity contribution in [2.24, 2.45) is 5.92 Å². The Bertz CT molecular complexity index is 1240. The van der Waals surface area contributed by atoms with Crippen molar-refractivity contribution < 1.29 is 0 Å². The Kier molecular flexibility index (Phi) is 4.40. The first-order valence-corrected chi connectivity index (χ1v) is 10.2. The summed E-state index contributed by atoms with van der Waals surface area (Å²) in [4.78, 5) is 17.5. The first-order valence-electron chi connectivity index (χ1n) is 9.81. The van der Waals surface area contributed by atoms with Crippen molar-refractivity contribution in [3.63, 3.8) is 0 Å². The Morgan fingerprint density at radius 1 is 1.14 bits per heavy atom. The van der Waals surface area contributed by atoms with Crippen LogP contribution in [0, 0.1) is 12.8 Å². The molecule has 2 N–H and O–H groups in total. The zero-order valence-electron chi connectivity index (χ0n) is 16.1. The highest BCUT2D eigenvalue weighted by Crippen LogP contribution is 2.31. The van der Waals surface area contributed by atoms with Gasteiger partial charge in [-0.2, -0.15) is 0 Å². The average molecular weight is 405 g/mol. The molecule has 146 valence electrons. The Balaban J connectivity index is 1.58. The van der Waals surface area contributed by atoms with Gasteiger partial charge >= 0.3 is 0 Å². The van der Waals surface area contributed by atoms with Crippen LogP contribution >= 0.6 is 11.6 Å². The van der Waals surface area contributed by atoms with Crippen LogP contribution < -0.4 is 10.9 Å². The lowest BCUT2D eigenvalue weighted by Gasteiger charge is -2.09. The van der Waals surface area contributed by atoms with E-state index in [0.29, 0.717) is 10.4 Å². The lowest BCUT2D eigenvalue weighted by Crippen LogP contribution is -2.14. The maximum absolute atomic E-state index is 13.0. The van der Waals surface area contributed by atoms with E-state index in [1.165, 1.54) is 17.5 Å². The van der Waals surface area contributed by atoms with Crippen LogP contribution in [0.25, 0.3) is 27.7 Å². The van der Waals surface area contributed by atoms with Gasteiger partial charge in [-0.25, -0.2) is 4.68 Å². The number of aromatic nitrogens is 3. The summed E-state index contributed by atoms with van der Waals surface area (Å²) >= 11 is 5.99. The summed E-state index contributed by atoms with van der Waals surface area (Å²) < 4.78 is 1.54. The minimum atomic E-state index is -0.126. The molecule has 29 heavy (non-hydrogen) atoms. The molecule has 2 heterocycles. The lowest BCUT2D eigenvalue weighted by molar-refractivity contribution is 0.864. The van der Waals surface area contributed by atoms with E-state index >= 15 is 0 Å². The number of halogens is 1. The van der Waals surface area contributed by atoms with E-state index in [1.54, 1.807) is 18.3 Å². The summed E-state index contributed by atoms with van der Waals surface area (Å²) in [5.74, 6) is 0.826. The fraction of sp³-hybridized carbons (Fsp3) is 0.217. The Morgan fingerprint density at radius 2 is 1.86 bits per heavy atom. The van der Waals surface area contributed by atoms with Gasteiger partial charge in [0, 0.05) is 34.7 Å². The molecule has 6 heteroatoms. The molecule has 2 aromatic carbocycles. The minimum absolute atomic E-state index is 0.126. The predicted molar refractivity (Wildman–Crippen MR) is 118 cm³/mol. The first kappa shape index (κ1) is 18.0. The van der Waals surface area contributed by atoms with Crippen LogP contribution in [0.5, 0.6) is 0 Å². The fourth-order valence-electron chi connectivity index (χ4n) is 3.63. The van der Waals surface area contributed by atoms with Gasteiger partial charge < -0.3 is 5.32 Å². The normalized spacial score (nSPS) is 13.7.